The summed E-state index contributed by atoms with van der Waals surface area (Å²) >= 11 is 6.02. The Morgan fingerprint density at radius 3 is 2.10 bits per heavy atom. The fourth-order valence-electron chi connectivity index (χ4n) is 3.31. The van der Waals surface area contributed by atoms with Crippen LogP contribution in [0.1, 0.15) is 24.8 Å². The van der Waals surface area contributed by atoms with Crippen molar-refractivity contribution in [2.75, 3.05) is 12.3 Å². The summed E-state index contributed by atoms with van der Waals surface area (Å²) in [6.45, 7) is 0. The van der Waals surface area contributed by atoms with E-state index in [2.05, 4.69) is 42.5 Å². The molecule has 0 N–H and O–H groups in total. The van der Waals surface area contributed by atoms with Crippen molar-refractivity contribution in [2.24, 2.45) is 0 Å². The standard InChI is InChI=1S/C18H21ClP/c19-17-11-9-16(10-12-17)15-20(13-5-2-6-14-20)18-7-3-1-4-8-18/h1,3-4,7-12H,2,5-6,13-15H2/q+1. The van der Waals surface area contributed by atoms with E-state index in [1.54, 1.807) is 5.30 Å². The maximum atomic E-state index is 6.02. The topological polar surface area (TPSA) is 0 Å². The predicted octanol–water partition coefficient (Wildman–Crippen LogP) is 5.37. The Morgan fingerprint density at radius 2 is 1.45 bits per heavy atom. The molecule has 0 nitrogen and oxygen atoms in total. The van der Waals surface area contributed by atoms with Crippen molar-refractivity contribution < 1.29 is 0 Å². The van der Waals surface area contributed by atoms with Crippen molar-refractivity contribution in [1.82, 2.24) is 0 Å². The molecule has 104 valence electrons. The first-order valence-electron chi connectivity index (χ1n) is 7.45. The minimum Gasteiger partial charge on any atom is -0.0843 e. The van der Waals surface area contributed by atoms with Crippen LogP contribution in [0.2, 0.25) is 5.02 Å². The normalized spacial score (nSPS) is 17.9. The van der Waals surface area contributed by atoms with Crippen LogP contribution >= 0.6 is 18.9 Å². The lowest BCUT2D eigenvalue weighted by atomic mass is 10.2. The van der Waals surface area contributed by atoms with Crippen molar-refractivity contribution in [2.45, 2.75) is 25.4 Å². The van der Waals surface area contributed by atoms with Gasteiger partial charge in [0.05, 0.1) is 31.1 Å². The molecule has 0 bridgehead atoms. The van der Waals surface area contributed by atoms with Crippen LogP contribution < -0.4 is 5.30 Å². The van der Waals surface area contributed by atoms with E-state index in [9.17, 15) is 0 Å². The van der Waals surface area contributed by atoms with Gasteiger partial charge in [-0.05, 0) is 49.1 Å². The molecule has 1 aliphatic rings. The van der Waals surface area contributed by atoms with Crippen molar-refractivity contribution in [3.05, 3.63) is 65.2 Å². The van der Waals surface area contributed by atoms with Gasteiger partial charge in [0.15, 0.2) is 0 Å². The maximum Gasteiger partial charge on any atom is 0.0943 e. The minimum atomic E-state index is -1.02. The van der Waals surface area contributed by atoms with E-state index in [0.29, 0.717) is 0 Å². The fraction of sp³-hybridized carbons (Fsp3) is 0.333. The molecule has 0 saturated carbocycles. The van der Waals surface area contributed by atoms with Gasteiger partial charge in [-0.25, -0.2) is 0 Å². The molecule has 0 aromatic heterocycles. The molecule has 1 aliphatic heterocycles. The van der Waals surface area contributed by atoms with Crippen LogP contribution in [0.5, 0.6) is 0 Å². The zero-order valence-corrected chi connectivity index (χ0v) is 13.4. The van der Waals surface area contributed by atoms with Gasteiger partial charge in [0.1, 0.15) is 0 Å². The summed E-state index contributed by atoms with van der Waals surface area (Å²) in [6, 6.07) is 19.7. The second-order valence-corrected chi connectivity index (χ2v) is 10.2. The van der Waals surface area contributed by atoms with Crippen molar-refractivity contribution in [3.63, 3.8) is 0 Å². The minimum absolute atomic E-state index is 0.837. The molecule has 2 heteroatoms. The summed E-state index contributed by atoms with van der Waals surface area (Å²) in [7, 11) is -1.02. The number of rotatable bonds is 3. The van der Waals surface area contributed by atoms with Gasteiger partial charge in [0.25, 0.3) is 0 Å². The molecule has 0 atom stereocenters. The number of halogens is 1. The van der Waals surface area contributed by atoms with Crippen molar-refractivity contribution >= 4 is 24.2 Å². The lowest BCUT2D eigenvalue weighted by Gasteiger charge is -2.31. The highest BCUT2D eigenvalue weighted by Crippen LogP contribution is 2.63. The Balaban J connectivity index is 1.92. The maximum absolute atomic E-state index is 6.02. The Hall–Kier alpha value is -0.840. The van der Waals surface area contributed by atoms with Crippen LogP contribution in [0.25, 0.3) is 0 Å². The highest BCUT2D eigenvalue weighted by Gasteiger charge is 2.41. The highest BCUT2D eigenvalue weighted by molar-refractivity contribution is 7.82. The van der Waals surface area contributed by atoms with Gasteiger partial charge in [0.2, 0.25) is 0 Å². The van der Waals surface area contributed by atoms with Gasteiger partial charge in [-0.3, -0.25) is 0 Å². The summed E-state index contributed by atoms with van der Waals surface area (Å²) in [6.07, 6.45) is 8.29. The number of hydrogen-bond donors (Lipinski definition) is 0. The second-order valence-electron chi connectivity index (χ2n) is 5.77. The Labute approximate surface area is 127 Å². The summed E-state index contributed by atoms with van der Waals surface area (Å²) < 4.78 is 0. The zero-order valence-electron chi connectivity index (χ0n) is 11.8. The molecular weight excluding hydrogens is 283 g/mol. The molecule has 0 amide bonds. The third-order valence-corrected chi connectivity index (χ3v) is 9.34. The summed E-state index contributed by atoms with van der Waals surface area (Å²) in [5.41, 5.74) is 1.45. The fourth-order valence-corrected chi connectivity index (χ4v) is 8.05. The van der Waals surface area contributed by atoms with Crippen LogP contribution in [-0.2, 0) is 6.16 Å². The van der Waals surface area contributed by atoms with E-state index >= 15 is 0 Å². The third-order valence-electron chi connectivity index (χ3n) is 4.37. The van der Waals surface area contributed by atoms with E-state index < -0.39 is 7.26 Å². The number of hydrogen-bond acceptors (Lipinski definition) is 0. The number of benzene rings is 2. The van der Waals surface area contributed by atoms with Crippen LogP contribution in [0.4, 0.5) is 0 Å². The van der Waals surface area contributed by atoms with Crippen LogP contribution in [-0.4, -0.2) is 12.3 Å². The van der Waals surface area contributed by atoms with Crippen LogP contribution in [0.3, 0.4) is 0 Å². The van der Waals surface area contributed by atoms with E-state index in [4.69, 9.17) is 11.6 Å². The smallest absolute Gasteiger partial charge is 0.0843 e. The SMILES string of the molecule is Clc1ccc(C[P+]2(c3ccccc3)CCCCC2)cc1. The van der Waals surface area contributed by atoms with Gasteiger partial charge in [-0.1, -0.05) is 41.9 Å². The molecule has 2 aromatic carbocycles. The Morgan fingerprint density at radius 1 is 0.800 bits per heavy atom. The molecule has 0 unspecified atom stereocenters. The average molecular weight is 304 g/mol. The first kappa shape index (κ1) is 14.1. The quantitative estimate of drug-likeness (QED) is 0.669. The zero-order chi connectivity index (χ0) is 13.8. The molecule has 2 aromatic rings. The first-order chi connectivity index (χ1) is 9.78. The monoisotopic (exact) mass is 303 g/mol. The van der Waals surface area contributed by atoms with E-state index in [1.165, 1.54) is 43.3 Å². The summed E-state index contributed by atoms with van der Waals surface area (Å²) in [5, 5.41) is 2.46. The van der Waals surface area contributed by atoms with Gasteiger partial charge >= 0.3 is 0 Å². The molecular formula is C18H21ClP+. The highest BCUT2D eigenvalue weighted by atomic mass is 35.5. The second kappa shape index (κ2) is 6.29. The van der Waals surface area contributed by atoms with Gasteiger partial charge in [-0.15, -0.1) is 0 Å². The molecule has 1 fully saturated rings. The van der Waals surface area contributed by atoms with Crippen LogP contribution in [0, 0.1) is 0 Å². The molecule has 0 aliphatic carbocycles. The summed E-state index contributed by atoms with van der Waals surface area (Å²) in [4.78, 5) is 0. The molecule has 20 heavy (non-hydrogen) atoms. The van der Waals surface area contributed by atoms with E-state index in [0.717, 1.165) is 5.02 Å². The molecule has 0 spiro atoms. The molecule has 1 saturated heterocycles. The third kappa shape index (κ3) is 3.08. The molecule has 1 heterocycles. The first-order valence-corrected chi connectivity index (χ1v) is 10.2. The van der Waals surface area contributed by atoms with Crippen molar-refractivity contribution in [1.29, 1.82) is 0 Å². The average Bonchev–Trinajstić information content (AvgIpc) is 2.52. The van der Waals surface area contributed by atoms with Crippen LogP contribution in [0.15, 0.2) is 54.6 Å². The lowest BCUT2D eigenvalue weighted by Crippen LogP contribution is -2.22. The van der Waals surface area contributed by atoms with Gasteiger partial charge in [0, 0.05) is 5.02 Å². The van der Waals surface area contributed by atoms with E-state index in [1.807, 2.05) is 12.1 Å². The Bertz CT molecular complexity index is 541. The van der Waals surface area contributed by atoms with Crippen molar-refractivity contribution in [3.8, 4) is 0 Å². The predicted molar refractivity (Wildman–Crippen MR) is 91.7 cm³/mol. The lowest BCUT2D eigenvalue weighted by molar-refractivity contribution is 0.746. The van der Waals surface area contributed by atoms with Gasteiger partial charge < -0.3 is 0 Å². The Kier molecular flexibility index (Phi) is 4.44. The summed E-state index contributed by atoms with van der Waals surface area (Å²) in [5.74, 6) is 0. The molecule has 3 rings (SSSR count). The molecule has 0 radical (unpaired) electrons. The van der Waals surface area contributed by atoms with Gasteiger partial charge in [-0.2, -0.15) is 0 Å². The largest absolute Gasteiger partial charge is 0.0943 e. The van der Waals surface area contributed by atoms with E-state index in [-0.39, 0.29) is 0 Å².